The molecule has 13 heavy (non-hydrogen) atoms. The summed E-state index contributed by atoms with van der Waals surface area (Å²) in [5.74, 6) is 0.119. The molecule has 0 saturated heterocycles. The average molecular weight is 220 g/mol. The summed E-state index contributed by atoms with van der Waals surface area (Å²) >= 11 is 7.05. The molecule has 1 rings (SSSR count). The van der Waals surface area contributed by atoms with Gasteiger partial charge in [-0.1, -0.05) is 11.6 Å². The first-order chi connectivity index (χ1) is 6.13. The van der Waals surface area contributed by atoms with E-state index in [2.05, 4.69) is 0 Å². The standard InChI is InChI=1S/C8H10ClNO2S/c1-6(12)2-3-10-7(5-11)4-8(9)13-10/h4-5,7H,2-3H2,1H3. The van der Waals surface area contributed by atoms with Gasteiger partial charge in [0.25, 0.3) is 0 Å². The minimum atomic E-state index is -0.281. The molecule has 0 aromatic rings. The number of aldehydes is 1. The van der Waals surface area contributed by atoms with Crippen LogP contribution in [0.2, 0.25) is 0 Å². The number of carbonyl (C=O) groups excluding carboxylic acids is 2. The van der Waals surface area contributed by atoms with Crippen molar-refractivity contribution in [1.82, 2.24) is 4.31 Å². The van der Waals surface area contributed by atoms with Gasteiger partial charge in [0.2, 0.25) is 0 Å². The lowest BCUT2D eigenvalue weighted by molar-refractivity contribution is -0.117. The van der Waals surface area contributed by atoms with E-state index in [1.165, 1.54) is 18.9 Å². The van der Waals surface area contributed by atoms with Crippen LogP contribution in [0.5, 0.6) is 0 Å². The van der Waals surface area contributed by atoms with Crippen molar-refractivity contribution in [1.29, 1.82) is 0 Å². The van der Waals surface area contributed by atoms with E-state index < -0.39 is 0 Å². The molecule has 1 aliphatic rings. The van der Waals surface area contributed by atoms with Gasteiger partial charge in [-0.25, -0.2) is 4.31 Å². The van der Waals surface area contributed by atoms with Gasteiger partial charge in [0, 0.05) is 13.0 Å². The molecule has 0 spiro atoms. The van der Waals surface area contributed by atoms with Gasteiger partial charge in [-0.05, 0) is 24.9 Å². The Kier molecular flexibility index (Phi) is 3.96. The van der Waals surface area contributed by atoms with Crippen LogP contribution in [0, 0.1) is 0 Å². The minimum absolute atomic E-state index is 0.119. The third-order valence-corrected chi connectivity index (χ3v) is 2.97. The number of hydrogen-bond donors (Lipinski definition) is 0. The van der Waals surface area contributed by atoms with Gasteiger partial charge in [-0.15, -0.1) is 0 Å². The van der Waals surface area contributed by atoms with E-state index in [0.717, 1.165) is 6.29 Å². The maximum absolute atomic E-state index is 10.7. The van der Waals surface area contributed by atoms with Gasteiger partial charge in [0.15, 0.2) is 0 Å². The molecule has 1 heterocycles. The van der Waals surface area contributed by atoms with E-state index in [9.17, 15) is 9.59 Å². The quantitative estimate of drug-likeness (QED) is 0.532. The molecule has 72 valence electrons. The van der Waals surface area contributed by atoms with Gasteiger partial charge in [-0.3, -0.25) is 4.79 Å². The summed E-state index contributed by atoms with van der Waals surface area (Å²) < 4.78 is 2.40. The fraction of sp³-hybridized carbons (Fsp3) is 0.500. The van der Waals surface area contributed by atoms with Crippen LogP contribution in [-0.2, 0) is 9.59 Å². The molecule has 0 fully saturated rings. The summed E-state index contributed by atoms with van der Waals surface area (Å²) in [5, 5.41) is 0. The monoisotopic (exact) mass is 219 g/mol. The number of ketones is 1. The fourth-order valence-corrected chi connectivity index (χ4v) is 2.22. The van der Waals surface area contributed by atoms with Crippen molar-refractivity contribution >= 4 is 35.6 Å². The fourth-order valence-electron chi connectivity index (χ4n) is 0.990. The van der Waals surface area contributed by atoms with Crippen LogP contribution < -0.4 is 0 Å². The first-order valence-corrected chi connectivity index (χ1v) is 5.05. The van der Waals surface area contributed by atoms with Crippen LogP contribution >= 0.6 is 23.5 Å². The molecular formula is C8H10ClNO2S. The lowest BCUT2D eigenvalue weighted by Crippen LogP contribution is -2.27. The second kappa shape index (κ2) is 4.79. The number of carbonyl (C=O) groups is 2. The van der Waals surface area contributed by atoms with E-state index in [-0.39, 0.29) is 11.8 Å². The number of Topliss-reactive ketones (excluding diaryl/α,β-unsaturated/α-hetero) is 1. The zero-order valence-electron chi connectivity index (χ0n) is 7.20. The Balaban J connectivity index is 2.44. The Morgan fingerprint density at radius 1 is 1.85 bits per heavy atom. The summed E-state index contributed by atoms with van der Waals surface area (Å²) in [5.41, 5.74) is 0. The van der Waals surface area contributed by atoms with Crippen LogP contribution in [0.15, 0.2) is 10.4 Å². The van der Waals surface area contributed by atoms with E-state index in [0.29, 0.717) is 17.3 Å². The molecular weight excluding hydrogens is 210 g/mol. The number of rotatable bonds is 4. The molecule has 0 saturated carbocycles. The van der Waals surface area contributed by atoms with E-state index in [1.54, 1.807) is 10.4 Å². The lowest BCUT2D eigenvalue weighted by Gasteiger charge is -2.16. The lowest BCUT2D eigenvalue weighted by atomic mass is 10.3. The molecule has 0 radical (unpaired) electrons. The zero-order chi connectivity index (χ0) is 9.84. The summed E-state index contributed by atoms with van der Waals surface area (Å²) in [7, 11) is 0. The molecule has 0 N–H and O–H groups in total. The van der Waals surface area contributed by atoms with Crippen LogP contribution in [0.3, 0.4) is 0 Å². The van der Waals surface area contributed by atoms with Gasteiger partial charge < -0.3 is 4.79 Å². The maximum Gasteiger partial charge on any atom is 0.142 e. The van der Waals surface area contributed by atoms with Crippen LogP contribution in [0.1, 0.15) is 13.3 Å². The Morgan fingerprint density at radius 3 is 3.08 bits per heavy atom. The molecule has 0 amide bonds. The number of halogens is 1. The molecule has 1 atom stereocenters. The van der Waals surface area contributed by atoms with Crippen LogP contribution in [-0.4, -0.2) is 29.0 Å². The van der Waals surface area contributed by atoms with Crippen LogP contribution in [0.25, 0.3) is 0 Å². The predicted octanol–water partition coefficient (Wildman–Crippen LogP) is 1.58. The van der Waals surface area contributed by atoms with Crippen LogP contribution in [0.4, 0.5) is 0 Å². The predicted molar refractivity (Wildman–Crippen MR) is 53.4 cm³/mol. The van der Waals surface area contributed by atoms with Crippen molar-refractivity contribution in [3.8, 4) is 0 Å². The molecule has 0 aromatic heterocycles. The molecule has 1 aliphatic heterocycles. The largest absolute Gasteiger partial charge is 0.301 e. The van der Waals surface area contributed by atoms with Crippen molar-refractivity contribution in [2.24, 2.45) is 0 Å². The van der Waals surface area contributed by atoms with Crippen molar-refractivity contribution < 1.29 is 9.59 Å². The topological polar surface area (TPSA) is 37.4 Å². The second-order valence-corrected chi connectivity index (χ2v) is 4.50. The summed E-state index contributed by atoms with van der Waals surface area (Å²) in [4.78, 5) is 21.3. The van der Waals surface area contributed by atoms with E-state index in [1.807, 2.05) is 0 Å². The molecule has 1 unspecified atom stereocenters. The number of hydrogen-bond acceptors (Lipinski definition) is 4. The van der Waals surface area contributed by atoms with Gasteiger partial charge in [-0.2, -0.15) is 0 Å². The molecule has 0 aromatic carbocycles. The minimum Gasteiger partial charge on any atom is -0.301 e. The summed E-state index contributed by atoms with van der Waals surface area (Å²) in [6.45, 7) is 2.10. The Labute approximate surface area is 86.2 Å². The first-order valence-electron chi connectivity index (χ1n) is 3.90. The zero-order valence-corrected chi connectivity index (χ0v) is 8.77. The van der Waals surface area contributed by atoms with Gasteiger partial charge in [0.05, 0.1) is 10.4 Å². The van der Waals surface area contributed by atoms with Gasteiger partial charge >= 0.3 is 0 Å². The normalized spacial score (nSPS) is 22.9. The van der Waals surface area contributed by atoms with Crippen molar-refractivity contribution in [2.45, 2.75) is 19.4 Å². The number of nitrogens with zero attached hydrogens (tertiary/aromatic N) is 1. The van der Waals surface area contributed by atoms with E-state index >= 15 is 0 Å². The first kappa shape index (κ1) is 10.8. The maximum atomic E-state index is 10.7. The molecule has 3 nitrogen and oxygen atoms in total. The second-order valence-electron chi connectivity index (χ2n) is 2.78. The third kappa shape index (κ3) is 3.14. The Hall–Kier alpha value is -0.320. The van der Waals surface area contributed by atoms with E-state index in [4.69, 9.17) is 11.6 Å². The Morgan fingerprint density at radius 2 is 2.54 bits per heavy atom. The summed E-state index contributed by atoms with van der Waals surface area (Å²) in [6, 6.07) is -0.281. The Bertz CT molecular complexity index is 255. The van der Waals surface area contributed by atoms with Gasteiger partial charge in [0.1, 0.15) is 12.1 Å². The molecule has 5 heteroatoms. The van der Waals surface area contributed by atoms with Crippen molar-refractivity contribution in [3.63, 3.8) is 0 Å². The molecule has 0 bridgehead atoms. The smallest absolute Gasteiger partial charge is 0.142 e. The van der Waals surface area contributed by atoms with Crippen molar-refractivity contribution in [2.75, 3.05) is 6.54 Å². The highest BCUT2D eigenvalue weighted by Crippen LogP contribution is 2.33. The highest BCUT2D eigenvalue weighted by atomic mass is 35.5. The highest BCUT2D eigenvalue weighted by molar-refractivity contribution is 8.02. The van der Waals surface area contributed by atoms with Crippen molar-refractivity contribution in [3.05, 3.63) is 10.4 Å². The summed E-state index contributed by atoms with van der Waals surface area (Å²) in [6.07, 6.45) is 2.96. The SMILES string of the molecule is CC(=O)CCN1SC(Cl)=CC1C=O. The average Bonchev–Trinajstić information content (AvgIpc) is 2.42. The third-order valence-electron chi connectivity index (χ3n) is 1.66. The molecule has 0 aliphatic carbocycles. The highest BCUT2D eigenvalue weighted by Gasteiger charge is 2.24.